The number of carbonyl (C=O) groups is 2. The van der Waals surface area contributed by atoms with Gasteiger partial charge in [0.05, 0.1) is 22.3 Å². The second kappa shape index (κ2) is 7.00. The van der Waals surface area contributed by atoms with Gasteiger partial charge in [0.1, 0.15) is 11.6 Å². The molecule has 8 heteroatoms. The lowest BCUT2D eigenvalue weighted by molar-refractivity contribution is -0.119. The van der Waals surface area contributed by atoms with Crippen LogP contribution in [0, 0.1) is 11.6 Å². The minimum absolute atomic E-state index is 0.192. The zero-order valence-corrected chi connectivity index (χ0v) is 12.7. The maximum absolute atomic E-state index is 13.4. The molecule has 25 heavy (non-hydrogen) atoms. The van der Waals surface area contributed by atoms with Crippen molar-refractivity contribution < 1.29 is 23.1 Å². The number of halogens is 2. The Balaban J connectivity index is 1.62. The Morgan fingerprint density at radius 2 is 1.76 bits per heavy atom. The number of rotatable bonds is 4. The lowest BCUT2D eigenvalue weighted by Crippen LogP contribution is -2.21. The van der Waals surface area contributed by atoms with E-state index in [1.807, 2.05) is 0 Å². The predicted molar refractivity (Wildman–Crippen MR) is 84.8 cm³/mol. The fourth-order valence-corrected chi connectivity index (χ4v) is 2.08. The predicted octanol–water partition coefficient (Wildman–Crippen LogP) is 2.70. The van der Waals surface area contributed by atoms with Crippen LogP contribution in [0.1, 0.15) is 10.4 Å². The van der Waals surface area contributed by atoms with E-state index >= 15 is 0 Å². The Bertz CT molecular complexity index is 963. The summed E-state index contributed by atoms with van der Waals surface area (Å²) >= 11 is 0. The highest BCUT2D eigenvalue weighted by molar-refractivity contribution is 5.97. The molecule has 3 rings (SSSR count). The Labute approximate surface area is 140 Å². The van der Waals surface area contributed by atoms with Gasteiger partial charge in [0.2, 0.25) is 0 Å². The van der Waals surface area contributed by atoms with Crippen LogP contribution in [0.25, 0.3) is 11.0 Å². The SMILES string of the molecule is O=C(COC(=O)c1ccc2nccnc2c1)Nc1cc(F)ccc1F. The van der Waals surface area contributed by atoms with Crippen molar-refractivity contribution in [2.75, 3.05) is 11.9 Å². The second-order valence-corrected chi connectivity index (χ2v) is 5.01. The molecule has 0 atom stereocenters. The molecule has 1 heterocycles. The van der Waals surface area contributed by atoms with Crippen LogP contribution in [0.3, 0.4) is 0 Å². The number of anilines is 1. The molecule has 0 spiro atoms. The summed E-state index contributed by atoms with van der Waals surface area (Å²) in [7, 11) is 0. The molecule has 0 aliphatic heterocycles. The van der Waals surface area contributed by atoms with Gasteiger partial charge < -0.3 is 10.1 Å². The van der Waals surface area contributed by atoms with Gasteiger partial charge in [-0.25, -0.2) is 13.6 Å². The number of nitrogens with zero attached hydrogens (tertiary/aromatic N) is 2. The molecule has 1 aromatic heterocycles. The number of amides is 1. The summed E-state index contributed by atoms with van der Waals surface area (Å²) in [4.78, 5) is 31.8. The zero-order chi connectivity index (χ0) is 17.8. The number of carbonyl (C=O) groups excluding carboxylic acids is 2. The lowest BCUT2D eigenvalue weighted by atomic mass is 10.2. The van der Waals surface area contributed by atoms with Gasteiger partial charge >= 0.3 is 5.97 Å². The van der Waals surface area contributed by atoms with Gasteiger partial charge in [0.25, 0.3) is 5.91 Å². The number of benzene rings is 2. The van der Waals surface area contributed by atoms with E-state index in [0.29, 0.717) is 11.0 Å². The Morgan fingerprint density at radius 1 is 1.00 bits per heavy atom. The Hall–Kier alpha value is -3.42. The molecule has 126 valence electrons. The van der Waals surface area contributed by atoms with Gasteiger partial charge in [-0.2, -0.15) is 0 Å². The van der Waals surface area contributed by atoms with Gasteiger partial charge in [-0.1, -0.05) is 0 Å². The van der Waals surface area contributed by atoms with Crippen molar-refractivity contribution in [2.45, 2.75) is 0 Å². The molecule has 1 N–H and O–H groups in total. The maximum atomic E-state index is 13.4. The molecule has 1 amide bonds. The topological polar surface area (TPSA) is 81.2 Å². The highest BCUT2D eigenvalue weighted by atomic mass is 19.1. The first-order valence-electron chi connectivity index (χ1n) is 7.16. The molecule has 6 nitrogen and oxygen atoms in total. The average Bonchev–Trinajstić information content (AvgIpc) is 2.62. The molecule has 3 aromatic rings. The zero-order valence-electron chi connectivity index (χ0n) is 12.7. The quantitative estimate of drug-likeness (QED) is 0.737. The van der Waals surface area contributed by atoms with Crippen molar-refractivity contribution in [2.24, 2.45) is 0 Å². The van der Waals surface area contributed by atoms with Gasteiger partial charge in [-0.15, -0.1) is 0 Å². The van der Waals surface area contributed by atoms with Crippen molar-refractivity contribution in [3.05, 3.63) is 66.0 Å². The third-order valence-electron chi connectivity index (χ3n) is 3.24. The fraction of sp³-hybridized carbons (Fsp3) is 0.0588. The van der Waals surface area contributed by atoms with Gasteiger partial charge in [0, 0.05) is 18.5 Å². The molecular formula is C17H11F2N3O3. The minimum Gasteiger partial charge on any atom is -0.452 e. The summed E-state index contributed by atoms with van der Waals surface area (Å²) < 4.78 is 31.4. The number of hydrogen-bond acceptors (Lipinski definition) is 5. The van der Waals surface area contributed by atoms with Crippen molar-refractivity contribution >= 4 is 28.6 Å². The first-order chi connectivity index (χ1) is 12.0. The van der Waals surface area contributed by atoms with Crippen LogP contribution in [0.15, 0.2) is 48.8 Å². The summed E-state index contributed by atoms with van der Waals surface area (Å²) in [5, 5.41) is 2.13. The molecule has 0 bridgehead atoms. The molecular weight excluding hydrogens is 332 g/mol. The largest absolute Gasteiger partial charge is 0.452 e. The van der Waals surface area contributed by atoms with Gasteiger partial charge in [0.15, 0.2) is 6.61 Å². The minimum atomic E-state index is -0.797. The number of ether oxygens (including phenoxy) is 1. The summed E-state index contributed by atoms with van der Waals surface area (Å²) in [6.07, 6.45) is 3.01. The van der Waals surface area contributed by atoms with E-state index in [2.05, 4.69) is 15.3 Å². The van der Waals surface area contributed by atoms with Crippen molar-refractivity contribution in [3.63, 3.8) is 0 Å². The van der Waals surface area contributed by atoms with Gasteiger partial charge in [-0.05, 0) is 30.3 Å². The molecule has 2 aromatic carbocycles. The van der Waals surface area contributed by atoms with Crippen LogP contribution in [-0.4, -0.2) is 28.5 Å². The smallest absolute Gasteiger partial charge is 0.338 e. The van der Waals surface area contributed by atoms with E-state index in [1.165, 1.54) is 24.5 Å². The summed E-state index contributed by atoms with van der Waals surface area (Å²) in [6.45, 7) is -0.646. The molecule has 0 unspecified atom stereocenters. The standard InChI is InChI=1S/C17H11F2N3O3/c18-11-2-3-12(19)14(8-11)22-16(23)9-25-17(24)10-1-4-13-15(7-10)21-6-5-20-13/h1-8H,9H2,(H,22,23). The van der Waals surface area contributed by atoms with Crippen LogP contribution in [-0.2, 0) is 9.53 Å². The van der Waals surface area contributed by atoms with Crippen molar-refractivity contribution in [1.82, 2.24) is 9.97 Å². The second-order valence-electron chi connectivity index (χ2n) is 5.01. The van der Waals surface area contributed by atoms with Crippen molar-refractivity contribution in [3.8, 4) is 0 Å². The maximum Gasteiger partial charge on any atom is 0.338 e. The summed E-state index contributed by atoms with van der Waals surface area (Å²) in [5.74, 6) is -3.04. The highest BCUT2D eigenvalue weighted by Crippen LogP contribution is 2.15. The van der Waals surface area contributed by atoms with E-state index in [0.717, 1.165) is 18.2 Å². The van der Waals surface area contributed by atoms with Crippen LogP contribution in [0.5, 0.6) is 0 Å². The van der Waals surface area contributed by atoms with Crippen LogP contribution in [0.4, 0.5) is 14.5 Å². The van der Waals surface area contributed by atoms with Crippen LogP contribution in [0.2, 0.25) is 0 Å². The fourth-order valence-electron chi connectivity index (χ4n) is 2.08. The first kappa shape index (κ1) is 16.4. The van der Waals surface area contributed by atoms with Crippen LogP contribution >= 0.6 is 0 Å². The summed E-state index contributed by atoms with van der Waals surface area (Å²) in [6, 6.07) is 7.21. The monoisotopic (exact) mass is 343 g/mol. The number of esters is 1. The Kier molecular flexibility index (Phi) is 4.60. The molecule has 0 aliphatic rings. The van der Waals surface area contributed by atoms with E-state index in [-0.39, 0.29) is 11.3 Å². The van der Waals surface area contributed by atoms with Crippen LogP contribution < -0.4 is 5.32 Å². The normalized spacial score (nSPS) is 10.5. The van der Waals surface area contributed by atoms with E-state index in [9.17, 15) is 18.4 Å². The number of nitrogens with one attached hydrogen (secondary N) is 1. The number of aromatic nitrogens is 2. The molecule has 0 fully saturated rings. The third-order valence-corrected chi connectivity index (χ3v) is 3.24. The Morgan fingerprint density at radius 3 is 2.56 bits per heavy atom. The molecule has 0 aliphatic carbocycles. The van der Waals surface area contributed by atoms with Gasteiger partial charge in [-0.3, -0.25) is 14.8 Å². The number of fused-ring (bicyclic) bond motifs is 1. The molecule has 0 radical (unpaired) electrons. The third kappa shape index (κ3) is 3.92. The average molecular weight is 343 g/mol. The van der Waals surface area contributed by atoms with E-state index in [4.69, 9.17) is 4.74 Å². The van der Waals surface area contributed by atoms with Crippen molar-refractivity contribution in [1.29, 1.82) is 0 Å². The summed E-state index contributed by atoms with van der Waals surface area (Å²) in [5.41, 5.74) is 0.973. The molecule has 0 saturated carbocycles. The number of hydrogen-bond donors (Lipinski definition) is 1. The van der Waals surface area contributed by atoms with E-state index in [1.54, 1.807) is 6.07 Å². The molecule has 0 saturated heterocycles. The lowest BCUT2D eigenvalue weighted by Gasteiger charge is -2.08. The van der Waals surface area contributed by atoms with E-state index < -0.39 is 30.1 Å². The highest BCUT2D eigenvalue weighted by Gasteiger charge is 2.13. The first-order valence-corrected chi connectivity index (χ1v) is 7.16.